The van der Waals surface area contributed by atoms with Crippen LogP contribution >= 0.6 is 12.2 Å². The first-order valence-electron chi connectivity index (χ1n) is 13.1. The number of aromatic nitrogens is 2. The Morgan fingerprint density at radius 1 is 0.811 bits per heavy atom. The van der Waals surface area contributed by atoms with Crippen LogP contribution in [0.5, 0.6) is 0 Å². The highest BCUT2D eigenvalue weighted by atomic mass is 32.1. The van der Waals surface area contributed by atoms with E-state index in [9.17, 15) is 0 Å². The van der Waals surface area contributed by atoms with Gasteiger partial charge in [-0.05, 0) is 53.9 Å². The first kappa shape index (κ1) is 23.9. The molecule has 4 heterocycles. The average Bonchev–Trinajstić information content (AvgIpc) is 3.63. The van der Waals surface area contributed by atoms with Gasteiger partial charge >= 0.3 is 0 Å². The first-order valence-corrected chi connectivity index (χ1v) is 13.5. The van der Waals surface area contributed by atoms with Gasteiger partial charge in [0.25, 0.3) is 0 Å². The molecule has 37 heavy (non-hydrogen) atoms. The van der Waals surface area contributed by atoms with Gasteiger partial charge in [-0.25, -0.2) is 0 Å². The standard InChI is InChI=1S/C28H33N7OS/c37-28(29-18-21-7-9-24(10-8-21)33-11-3-4-12-33)32-27-30-25(34-13-15-36-16-14-34)17-26(31-27)35-19-22-5-1-2-6-23(22)20-35/h1-2,5-10,17H,3-4,11-16,18-20H2,(H2,29,30,31,32,37). The van der Waals surface area contributed by atoms with E-state index in [-0.39, 0.29) is 0 Å². The van der Waals surface area contributed by atoms with Crippen LogP contribution in [0.4, 0.5) is 23.3 Å². The molecule has 6 rings (SSSR count). The Balaban J connectivity index is 1.14. The molecule has 0 saturated carbocycles. The first-order chi connectivity index (χ1) is 18.2. The van der Waals surface area contributed by atoms with E-state index in [0.717, 1.165) is 50.9 Å². The Kier molecular flexibility index (Phi) is 7.05. The fourth-order valence-corrected chi connectivity index (χ4v) is 5.38. The van der Waals surface area contributed by atoms with Gasteiger partial charge in [-0.2, -0.15) is 9.97 Å². The van der Waals surface area contributed by atoms with E-state index in [2.05, 4.69) is 79.9 Å². The molecule has 8 nitrogen and oxygen atoms in total. The number of ether oxygens (including phenoxy) is 1. The van der Waals surface area contributed by atoms with Gasteiger partial charge in [-0.3, -0.25) is 0 Å². The average molecular weight is 516 g/mol. The summed E-state index contributed by atoms with van der Waals surface area (Å²) >= 11 is 5.63. The quantitative estimate of drug-likeness (QED) is 0.476. The molecule has 0 spiro atoms. The van der Waals surface area contributed by atoms with Gasteiger partial charge in [0, 0.05) is 57.6 Å². The predicted octanol–water partition coefficient (Wildman–Crippen LogP) is 3.92. The number of rotatable bonds is 6. The Morgan fingerprint density at radius 2 is 1.46 bits per heavy atom. The summed E-state index contributed by atoms with van der Waals surface area (Å²) in [6.07, 6.45) is 2.56. The molecule has 0 radical (unpaired) electrons. The smallest absolute Gasteiger partial charge is 0.232 e. The summed E-state index contributed by atoms with van der Waals surface area (Å²) in [7, 11) is 0. The zero-order chi connectivity index (χ0) is 25.0. The number of hydrogen-bond acceptors (Lipinski definition) is 7. The lowest BCUT2D eigenvalue weighted by molar-refractivity contribution is 0.122. The van der Waals surface area contributed by atoms with Crippen LogP contribution in [0.15, 0.2) is 54.6 Å². The Hall–Kier alpha value is -3.43. The van der Waals surface area contributed by atoms with Gasteiger partial charge in [-0.15, -0.1) is 0 Å². The molecular formula is C28H33N7OS. The molecule has 1 aromatic heterocycles. The van der Waals surface area contributed by atoms with Crippen LogP contribution < -0.4 is 25.3 Å². The van der Waals surface area contributed by atoms with Crippen molar-refractivity contribution in [3.63, 3.8) is 0 Å². The number of morpholine rings is 1. The van der Waals surface area contributed by atoms with E-state index in [4.69, 9.17) is 26.9 Å². The zero-order valence-electron chi connectivity index (χ0n) is 21.0. The number of fused-ring (bicyclic) bond motifs is 1. The van der Waals surface area contributed by atoms with Gasteiger partial charge in [-0.1, -0.05) is 36.4 Å². The third kappa shape index (κ3) is 5.62. The molecule has 2 aromatic carbocycles. The van der Waals surface area contributed by atoms with Crippen molar-refractivity contribution in [3.8, 4) is 0 Å². The number of nitrogens with zero attached hydrogens (tertiary/aromatic N) is 5. The molecule has 3 aliphatic rings. The van der Waals surface area contributed by atoms with Gasteiger partial charge < -0.3 is 30.1 Å². The van der Waals surface area contributed by atoms with Crippen LogP contribution in [0.3, 0.4) is 0 Å². The highest BCUT2D eigenvalue weighted by molar-refractivity contribution is 7.80. The largest absolute Gasteiger partial charge is 0.378 e. The van der Waals surface area contributed by atoms with Crippen molar-refractivity contribution < 1.29 is 4.74 Å². The number of hydrogen-bond donors (Lipinski definition) is 2. The van der Waals surface area contributed by atoms with Crippen LogP contribution in [0.2, 0.25) is 0 Å². The van der Waals surface area contributed by atoms with Gasteiger partial charge in [0.15, 0.2) is 5.11 Å². The van der Waals surface area contributed by atoms with E-state index in [0.29, 0.717) is 30.8 Å². The maximum atomic E-state index is 5.63. The summed E-state index contributed by atoms with van der Waals surface area (Å²) in [6.45, 7) is 7.65. The molecule has 0 atom stereocenters. The molecule has 0 bridgehead atoms. The van der Waals surface area contributed by atoms with Crippen LogP contribution in [-0.4, -0.2) is 54.5 Å². The Bertz CT molecular complexity index is 1210. The fraction of sp³-hybridized carbons (Fsp3) is 0.393. The van der Waals surface area contributed by atoms with Crippen molar-refractivity contribution in [3.05, 3.63) is 71.3 Å². The van der Waals surface area contributed by atoms with Crippen molar-refractivity contribution >= 4 is 40.6 Å². The van der Waals surface area contributed by atoms with Crippen LogP contribution in [0, 0.1) is 0 Å². The number of benzene rings is 2. The molecule has 2 N–H and O–H groups in total. The second-order valence-electron chi connectivity index (χ2n) is 9.80. The zero-order valence-corrected chi connectivity index (χ0v) is 21.8. The highest BCUT2D eigenvalue weighted by Gasteiger charge is 2.23. The minimum absolute atomic E-state index is 0.511. The van der Waals surface area contributed by atoms with Crippen LogP contribution in [0.1, 0.15) is 29.5 Å². The second kappa shape index (κ2) is 10.9. The maximum absolute atomic E-state index is 5.63. The van der Waals surface area contributed by atoms with E-state index < -0.39 is 0 Å². The monoisotopic (exact) mass is 515 g/mol. The summed E-state index contributed by atoms with van der Waals surface area (Å²) in [4.78, 5) is 16.7. The molecule has 192 valence electrons. The van der Waals surface area contributed by atoms with Gasteiger partial charge in [0.2, 0.25) is 5.95 Å². The van der Waals surface area contributed by atoms with E-state index in [1.807, 2.05) is 0 Å². The molecule has 2 fully saturated rings. The lowest BCUT2D eigenvalue weighted by Crippen LogP contribution is -2.37. The summed E-state index contributed by atoms with van der Waals surface area (Å²) in [5.41, 5.74) is 5.17. The summed E-state index contributed by atoms with van der Waals surface area (Å²) in [6, 6.07) is 19.4. The molecule has 2 saturated heterocycles. The molecule has 9 heteroatoms. The lowest BCUT2D eigenvalue weighted by atomic mass is 10.1. The molecule has 0 unspecified atom stereocenters. The summed E-state index contributed by atoms with van der Waals surface area (Å²) < 4.78 is 5.55. The molecule has 0 amide bonds. The fourth-order valence-electron chi connectivity index (χ4n) is 5.22. The minimum Gasteiger partial charge on any atom is -0.378 e. The van der Waals surface area contributed by atoms with E-state index in [1.165, 1.54) is 35.2 Å². The molecule has 3 aliphatic heterocycles. The minimum atomic E-state index is 0.511. The molecule has 0 aliphatic carbocycles. The van der Waals surface area contributed by atoms with E-state index >= 15 is 0 Å². The Labute approximate surface area is 223 Å². The van der Waals surface area contributed by atoms with Crippen molar-refractivity contribution in [1.29, 1.82) is 0 Å². The van der Waals surface area contributed by atoms with Crippen molar-refractivity contribution in [2.24, 2.45) is 0 Å². The van der Waals surface area contributed by atoms with Gasteiger partial charge in [0.1, 0.15) is 11.6 Å². The number of thiocarbonyl (C=S) groups is 1. The van der Waals surface area contributed by atoms with Gasteiger partial charge in [0.05, 0.1) is 13.2 Å². The topological polar surface area (TPSA) is 68.8 Å². The Morgan fingerprint density at radius 3 is 2.14 bits per heavy atom. The normalized spacial score (nSPS) is 17.1. The van der Waals surface area contributed by atoms with Crippen molar-refractivity contribution in [2.75, 3.05) is 59.4 Å². The third-order valence-electron chi connectivity index (χ3n) is 7.28. The summed E-state index contributed by atoms with van der Waals surface area (Å²) in [5, 5.41) is 7.07. The van der Waals surface area contributed by atoms with Crippen LogP contribution in [0.25, 0.3) is 0 Å². The lowest BCUT2D eigenvalue weighted by Gasteiger charge is -2.29. The summed E-state index contributed by atoms with van der Waals surface area (Å²) in [5.74, 6) is 2.30. The maximum Gasteiger partial charge on any atom is 0.232 e. The molecule has 3 aromatic rings. The van der Waals surface area contributed by atoms with Crippen LogP contribution in [-0.2, 0) is 24.4 Å². The predicted molar refractivity (Wildman–Crippen MR) is 152 cm³/mol. The van der Waals surface area contributed by atoms with Crippen molar-refractivity contribution in [1.82, 2.24) is 15.3 Å². The number of nitrogens with one attached hydrogen (secondary N) is 2. The van der Waals surface area contributed by atoms with E-state index in [1.54, 1.807) is 0 Å². The second-order valence-corrected chi connectivity index (χ2v) is 10.2. The molecular weight excluding hydrogens is 482 g/mol. The number of anilines is 4. The van der Waals surface area contributed by atoms with Crippen molar-refractivity contribution in [2.45, 2.75) is 32.5 Å². The SMILES string of the molecule is S=C(NCc1ccc(N2CCCC2)cc1)Nc1nc(N2CCOCC2)cc(N2Cc3ccccc3C2)n1. The third-order valence-corrected chi connectivity index (χ3v) is 7.53. The highest BCUT2D eigenvalue weighted by Crippen LogP contribution is 2.30.